The van der Waals surface area contributed by atoms with E-state index in [9.17, 15) is 0 Å². The summed E-state index contributed by atoms with van der Waals surface area (Å²) in [5, 5.41) is 3.11. The van der Waals surface area contributed by atoms with Gasteiger partial charge in [-0.05, 0) is 33.4 Å². The van der Waals surface area contributed by atoms with Crippen LogP contribution in [0.5, 0.6) is 0 Å². The topological polar surface area (TPSA) is 34.4 Å². The van der Waals surface area contributed by atoms with Crippen molar-refractivity contribution in [2.45, 2.75) is 33.4 Å². The molecule has 3 heteroatoms. The van der Waals surface area contributed by atoms with Gasteiger partial charge in [0, 0.05) is 12.1 Å². The van der Waals surface area contributed by atoms with Crippen LogP contribution in [0.2, 0.25) is 0 Å². The molecule has 0 amide bonds. The van der Waals surface area contributed by atoms with Gasteiger partial charge in [0.2, 0.25) is 0 Å². The zero-order valence-corrected chi connectivity index (χ0v) is 10.4. The summed E-state index contributed by atoms with van der Waals surface area (Å²) in [5.74, 6) is 1.86. The average Bonchev–Trinajstić information content (AvgIpc) is 2.55. The van der Waals surface area contributed by atoms with Gasteiger partial charge >= 0.3 is 0 Å². The van der Waals surface area contributed by atoms with E-state index < -0.39 is 0 Å². The molecule has 90 valence electrons. The Morgan fingerprint density at radius 1 is 1.56 bits per heavy atom. The van der Waals surface area contributed by atoms with Crippen LogP contribution >= 0.6 is 0 Å². The first-order valence-corrected chi connectivity index (χ1v) is 5.58. The Morgan fingerprint density at radius 3 is 2.94 bits per heavy atom. The lowest BCUT2D eigenvalue weighted by Gasteiger charge is -2.00. The van der Waals surface area contributed by atoms with Gasteiger partial charge in [-0.2, -0.15) is 0 Å². The van der Waals surface area contributed by atoms with Crippen LogP contribution in [0.3, 0.4) is 0 Å². The van der Waals surface area contributed by atoms with E-state index in [1.807, 2.05) is 27.0 Å². The molecule has 16 heavy (non-hydrogen) atoms. The highest BCUT2D eigenvalue weighted by Gasteiger charge is 2.06. The number of rotatable bonds is 7. The smallest absolute Gasteiger partial charge is 0.130 e. The van der Waals surface area contributed by atoms with Crippen LogP contribution in [0.4, 0.5) is 0 Å². The van der Waals surface area contributed by atoms with Gasteiger partial charge in [0.05, 0.1) is 6.61 Å². The van der Waals surface area contributed by atoms with Crippen LogP contribution < -0.4 is 5.32 Å². The molecule has 0 aliphatic rings. The largest absolute Gasteiger partial charge is 0.464 e. The van der Waals surface area contributed by atoms with Crippen LogP contribution in [0.25, 0.3) is 0 Å². The molecule has 1 aromatic heterocycles. The number of nitrogens with one attached hydrogen (secondary N) is 1. The third kappa shape index (κ3) is 4.21. The van der Waals surface area contributed by atoms with Crippen LogP contribution in [-0.4, -0.2) is 13.7 Å². The molecule has 1 rings (SSSR count). The van der Waals surface area contributed by atoms with E-state index in [2.05, 4.69) is 11.9 Å². The fraction of sp³-hybridized carbons (Fsp3) is 0.538. The maximum absolute atomic E-state index is 5.59. The van der Waals surface area contributed by atoms with E-state index in [0.717, 1.165) is 30.1 Å². The van der Waals surface area contributed by atoms with Crippen molar-refractivity contribution in [3.8, 4) is 0 Å². The Kier molecular flexibility index (Phi) is 5.29. The van der Waals surface area contributed by atoms with Crippen molar-refractivity contribution in [1.82, 2.24) is 5.32 Å². The first-order valence-electron chi connectivity index (χ1n) is 5.58. The fourth-order valence-corrected chi connectivity index (χ4v) is 1.44. The quantitative estimate of drug-likeness (QED) is 0.570. The summed E-state index contributed by atoms with van der Waals surface area (Å²) in [7, 11) is 1.93. The summed E-state index contributed by atoms with van der Waals surface area (Å²) in [6.45, 7) is 9.89. The van der Waals surface area contributed by atoms with Gasteiger partial charge in [-0.15, -0.1) is 6.58 Å². The molecule has 0 bridgehead atoms. The van der Waals surface area contributed by atoms with E-state index in [-0.39, 0.29) is 0 Å². The number of aryl methyl sites for hydroxylation is 1. The lowest BCUT2D eigenvalue weighted by Crippen LogP contribution is -2.04. The zero-order chi connectivity index (χ0) is 12.0. The Morgan fingerprint density at radius 2 is 2.31 bits per heavy atom. The molecule has 3 nitrogen and oxygen atoms in total. The number of hydrogen-bond donors (Lipinski definition) is 1. The minimum atomic E-state index is 0.540. The van der Waals surface area contributed by atoms with Gasteiger partial charge in [-0.3, -0.25) is 0 Å². The van der Waals surface area contributed by atoms with Gasteiger partial charge in [0.1, 0.15) is 18.1 Å². The molecule has 1 N–H and O–H groups in total. The number of ether oxygens (including phenoxy) is 1. The highest BCUT2D eigenvalue weighted by atomic mass is 16.5. The number of hydrogen-bond acceptors (Lipinski definition) is 3. The van der Waals surface area contributed by atoms with E-state index in [1.165, 1.54) is 5.56 Å². The highest BCUT2D eigenvalue weighted by molar-refractivity contribution is 5.20. The van der Waals surface area contributed by atoms with E-state index in [1.54, 1.807) is 0 Å². The van der Waals surface area contributed by atoms with Crippen molar-refractivity contribution in [3.05, 3.63) is 35.3 Å². The van der Waals surface area contributed by atoms with Crippen LogP contribution in [0.1, 0.15) is 30.4 Å². The van der Waals surface area contributed by atoms with Gasteiger partial charge in [0.25, 0.3) is 0 Å². The Bertz CT molecular complexity index is 342. The predicted octanol–water partition coefficient (Wildman–Crippen LogP) is 2.79. The van der Waals surface area contributed by atoms with Crippen LogP contribution in [0, 0.1) is 6.92 Å². The molecule has 1 heterocycles. The van der Waals surface area contributed by atoms with E-state index in [0.29, 0.717) is 13.2 Å². The van der Waals surface area contributed by atoms with Crippen molar-refractivity contribution in [2.24, 2.45) is 0 Å². The molecular formula is C13H21NO2. The molecule has 0 unspecified atom stereocenters. The normalized spacial score (nSPS) is 10.7. The third-order valence-corrected chi connectivity index (χ3v) is 2.36. The second kappa shape index (κ2) is 6.51. The summed E-state index contributed by atoms with van der Waals surface area (Å²) in [6, 6.07) is 2.05. The molecule has 0 aromatic carbocycles. The van der Waals surface area contributed by atoms with Gasteiger partial charge < -0.3 is 14.5 Å². The molecule has 0 radical (unpaired) electrons. The molecule has 0 fully saturated rings. The second-order valence-corrected chi connectivity index (χ2v) is 4.08. The molecule has 0 atom stereocenters. The van der Waals surface area contributed by atoms with Gasteiger partial charge in [-0.1, -0.05) is 5.57 Å². The lowest BCUT2D eigenvalue weighted by molar-refractivity contribution is 0.108. The van der Waals surface area contributed by atoms with Gasteiger partial charge in [-0.25, -0.2) is 0 Å². The summed E-state index contributed by atoms with van der Waals surface area (Å²) < 4.78 is 11.1. The molecule has 0 saturated heterocycles. The predicted molar refractivity (Wildman–Crippen MR) is 65.3 cm³/mol. The third-order valence-electron chi connectivity index (χ3n) is 2.36. The van der Waals surface area contributed by atoms with Crippen molar-refractivity contribution in [1.29, 1.82) is 0 Å². The first-order chi connectivity index (χ1) is 7.63. The maximum atomic E-state index is 5.59. The van der Waals surface area contributed by atoms with Crippen molar-refractivity contribution in [3.63, 3.8) is 0 Å². The first kappa shape index (κ1) is 13.0. The summed E-state index contributed by atoms with van der Waals surface area (Å²) in [6.07, 6.45) is 0.906. The molecule has 0 aliphatic carbocycles. The van der Waals surface area contributed by atoms with E-state index in [4.69, 9.17) is 9.15 Å². The highest BCUT2D eigenvalue weighted by Crippen LogP contribution is 2.15. The zero-order valence-electron chi connectivity index (χ0n) is 10.4. The number of furan rings is 1. The van der Waals surface area contributed by atoms with Crippen molar-refractivity contribution < 1.29 is 9.15 Å². The average molecular weight is 223 g/mol. The lowest BCUT2D eigenvalue weighted by atomic mass is 10.2. The van der Waals surface area contributed by atoms with Crippen molar-refractivity contribution >= 4 is 0 Å². The standard InChI is InChI=1S/C13H21NO2/c1-10(2)5-6-15-9-13-7-12(8-14-4)11(3)16-13/h7,14H,1,5-6,8-9H2,2-4H3. The Hall–Kier alpha value is -1.06. The second-order valence-electron chi connectivity index (χ2n) is 4.08. The Labute approximate surface area is 97.5 Å². The molecule has 1 aromatic rings. The minimum Gasteiger partial charge on any atom is -0.464 e. The summed E-state index contributed by atoms with van der Waals surface area (Å²) in [5.41, 5.74) is 2.34. The monoisotopic (exact) mass is 223 g/mol. The van der Waals surface area contributed by atoms with Crippen LogP contribution in [0.15, 0.2) is 22.6 Å². The molecule has 0 aliphatic heterocycles. The minimum absolute atomic E-state index is 0.540. The molecular weight excluding hydrogens is 202 g/mol. The van der Waals surface area contributed by atoms with E-state index >= 15 is 0 Å². The van der Waals surface area contributed by atoms with Gasteiger partial charge in [0.15, 0.2) is 0 Å². The fourth-order valence-electron chi connectivity index (χ4n) is 1.44. The summed E-state index contributed by atoms with van der Waals surface area (Å²) in [4.78, 5) is 0. The van der Waals surface area contributed by atoms with Crippen molar-refractivity contribution in [2.75, 3.05) is 13.7 Å². The Balaban J connectivity index is 2.36. The summed E-state index contributed by atoms with van der Waals surface area (Å²) >= 11 is 0. The molecule has 0 saturated carbocycles. The van der Waals surface area contributed by atoms with Crippen LogP contribution in [-0.2, 0) is 17.9 Å². The molecule has 0 spiro atoms. The SMILES string of the molecule is C=C(C)CCOCc1cc(CNC)c(C)o1. The maximum Gasteiger partial charge on any atom is 0.130 e.